The third-order valence-corrected chi connectivity index (χ3v) is 3.37. The molecule has 6 nitrogen and oxygen atoms in total. The summed E-state index contributed by atoms with van der Waals surface area (Å²) < 4.78 is 16.7. The minimum atomic E-state index is -0.448. The van der Waals surface area contributed by atoms with Crippen LogP contribution in [0.2, 0.25) is 0 Å². The molecule has 0 radical (unpaired) electrons. The summed E-state index contributed by atoms with van der Waals surface area (Å²) in [7, 11) is 0. The van der Waals surface area contributed by atoms with E-state index >= 15 is 0 Å². The molecule has 6 heteroatoms. The lowest BCUT2D eigenvalue weighted by molar-refractivity contribution is -0.118. The minimum Gasteiger partial charge on any atom is -0.381 e. The van der Waals surface area contributed by atoms with Gasteiger partial charge in [0.25, 0.3) is 0 Å². The van der Waals surface area contributed by atoms with E-state index in [4.69, 9.17) is 14.0 Å². The molecule has 1 aliphatic heterocycles. The van der Waals surface area contributed by atoms with Crippen LogP contribution in [0.5, 0.6) is 0 Å². The summed E-state index contributed by atoms with van der Waals surface area (Å²) in [6, 6.07) is 0. The molecule has 0 bridgehead atoms. The second kappa shape index (κ2) is 6.20. The van der Waals surface area contributed by atoms with Crippen molar-refractivity contribution in [1.82, 2.24) is 15.5 Å². The molecule has 0 unspecified atom stereocenters. The first-order valence-electron chi connectivity index (χ1n) is 7.25. The highest BCUT2D eigenvalue weighted by Gasteiger charge is 2.39. The summed E-state index contributed by atoms with van der Waals surface area (Å²) in [6.07, 6.45) is 1.54. The van der Waals surface area contributed by atoms with Gasteiger partial charge >= 0.3 is 0 Å². The Labute approximate surface area is 120 Å². The maximum atomic E-state index is 5.93. The molecule has 0 atom stereocenters. The van der Waals surface area contributed by atoms with Crippen LogP contribution in [0.4, 0.5) is 0 Å². The number of aromatic nitrogens is 2. The zero-order valence-corrected chi connectivity index (χ0v) is 12.9. The second-order valence-electron chi connectivity index (χ2n) is 6.15. The lowest BCUT2D eigenvalue weighted by Gasteiger charge is -2.33. The Balaban J connectivity index is 2.08. The average molecular weight is 283 g/mol. The Hall–Kier alpha value is -0.980. The predicted molar refractivity (Wildman–Crippen MR) is 74.2 cm³/mol. The first-order valence-corrected chi connectivity index (χ1v) is 7.25. The van der Waals surface area contributed by atoms with Gasteiger partial charge in [-0.05, 0) is 27.7 Å². The molecule has 2 heterocycles. The number of hydrogen-bond donors (Lipinski definition) is 1. The van der Waals surface area contributed by atoms with Crippen LogP contribution in [-0.4, -0.2) is 35.5 Å². The van der Waals surface area contributed by atoms with Crippen molar-refractivity contribution in [3.05, 3.63) is 11.7 Å². The molecule has 2 rings (SSSR count). The number of hydrogen-bond acceptors (Lipinski definition) is 6. The van der Waals surface area contributed by atoms with Crippen molar-refractivity contribution in [2.75, 3.05) is 19.8 Å². The highest BCUT2D eigenvalue weighted by atomic mass is 16.5. The van der Waals surface area contributed by atoms with Crippen LogP contribution in [0.25, 0.3) is 0 Å². The van der Waals surface area contributed by atoms with Gasteiger partial charge in [-0.3, -0.25) is 0 Å². The van der Waals surface area contributed by atoms with Crippen molar-refractivity contribution >= 4 is 0 Å². The summed E-state index contributed by atoms with van der Waals surface area (Å²) in [5.74, 6) is 1.24. The molecule has 0 saturated carbocycles. The fourth-order valence-electron chi connectivity index (χ4n) is 2.26. The molecule has 0 aliphatic carbocycles. The number of rotatable bonds is 5. The van der Waals surface area contributed by atoms with Crippen LogP contribution in [0.3, 0.4) is 0 Å². The Morgan fingerprint density at radius 2 is 2.00 bits per heavy atom. The van der Waals surface area contributed by atoms with Crippen molar-refractivity contribution < 1.29 is 14.0 Å². The van der Waals surface area contributed by atoms with Gasteiger partial charge in [0.15, 0.2) is 0 Å². The van der Waals surface area contributed by atoms with Crippen LogP contribution in [0, 0.1) is 0 Å². The average Bonchev–Trinajstić information content (AvgIpc) is 2.86. The Kier molecular flexibility index (Phi) is 4.78. The third kappa shape index (κ3) is 3.77. The van der Waals surface area contributed by atoms with Crippen LogP contribution < -0.4 is 5.32 Å². The van der Waals surface area contributed by atoms with E-state index in [-0.39, 0.29) is 5.54 Å². The van der Waals surface area contributed by atoms with Crippen LogP contribution in [0.1, 0.15) is 52.3 Å². The second-order valence-corrected chi connectivity index (χ2v) is 6.15. The molecule has 1 N–H and O–H groups in total. The predicted octanol–water partition coefficient (Wildman–Crippen LogP) is 2.00. The Morgan fingerprint density at radius 3 is 2.60 bits per heavy atom. The SMILES string of the molecule is CCOC1(c2noc(CNC(C)(C)C)n2)CCOCC1. The highest BCUT2D eigenvalue weighted by molar-refractivity contribution is 5.03. The maximum Gasteiger partial charge on any atom is 0.240 e. The molecule has 1 aromatic heterocycles. The number of ether oxygens (including phenoxy) is 2. The summed E-state index contributed by atoms with van der Waals surface area (Å²) in [6.45, 7) is 10.8. The van der Waals surface area contributed by atoms with Gasteiger partial charge in [0.2, 0.25) is 11.7 Å². The molecule has 0 spiro atoms. The molecule has 20 heavy (non-hydrogen) atoms. The largest absolute Gasteiger partial charge is 0.381 e. The normalized spacial score (nSPS) is 19.2. The molecular weight excluding hydrogens is 258 g/mol. The smallest absolute Gasteiger partial charge is 0.240 e. The molecule has 1 aliphatic rings. The van der Waals surface area contributed by atoms with Crippen molar-refractivity contribution in [3.63, 3.8) is 0 Å². The lowest BCUT2D eigenvalue weighted by Crippen LogP contribution is -2.38. The topological polar surface area (TPSA) is 69.4 Å². The van der Waals surface area contributed by atoms with Gasteiger partial charge in [-0.25, -0.2) is 0 Å². The van der Waals surface area contributed by atoms with E-state index in [0.717, 1.165) is 12.8 Å². The van der Waals surface area contributed by atoms with Crippen LogP contribution >= 0.6 is 0 Å². The van der Waals surface area contributed by atoms with E-state index in [1.54, 1.807) is 0 Å². The van der Waals surface area contributed by atoms with Gasteiger partial charge in [0.1, 0.15) is 5.60 Å². The van der Waals surface area contributed by atoms with Crippen LogP contribution in [-0.2, 0) is 21.6 Å². The van der Waals surface area contributed by atoms with Crippen molar-refractivity contribution in [3.8, 4) is 0 Å². The minimum absolute atomic E-state index is 0.0188. The third-order valence-electron chi connectivity index (χ3n) is 3.37. The molecule has 1 aromatic rings. The zero-order chi connectivity index (χ0) is 14.6. The van der Waals surface area contributed by atoms with Crippen molar-refractivity contribution in [2.45, 2.75) is 58.2 Å². The number of nitrogens with zero attached hydrogens (tertiary/aromatic N) is 2. The fourth-order valence-corrected chi connectivity index (χ4v) is 2.26. The maximum absolute atomic E-state index is 5.93. The fraction of sp³-hybridized carbons (Fsp3) is 0.857. The molecular formula is C14H25N3O3. The molecule has 1 saturated heterocycles. The lowest BCUT2D eigenvalue weighted by atomic mass is 9.93. The quantitative estimate of drug-likeness (QED) is 0.891. The van der Waals surface area contributed by atoms with E-state index in [0.29, 0.717) is 38.1 Å². The summed E-state index contributed by atoms with van der Waals surface area (Å²) >= 11 is 0. The monoisotopic (exact) mass is 283 g/mol. The van der Waals surface area contributed by atoms with Crippen molar-refractivity contribution in [1.29, 1.82) is 0 Å². The van der Waals surface area contributed by atoms with E-state index in [1.807, 2.05) is 6.92 Å². The standard InChI is InChI=1S/C14H25N3O3/c1-5-19-14(6-8-18-9-7-14)12-16-11(20-17-12)10-15-13(2,3)4/h15H,5-10H2,1-4H3. The molecule has 1 fully saturated rings. The van der Waals surface area contributed by atoms with Gasteiger partial charge in [-0.1, -0.05) is 5.16 Å². The number of nitrogens with one attached hydrogen (secondary N) is 1. The van der Waals surface area contributed by atoms with E-state index < -0.39 is 5.60 Å². The first-order chi connectivity index (χ1) is 9.45. The van der Waals surface area contributed by atoms with Gasteiger partial charge in [0, 0.05) is 38.2 Å². The molecule has 0 amide bonds. The molecule has 0 aromatic carbocycles. The van der Waals surface area contributed by atoms with Gasteiger partial charge < -0.3 is 19.3 Å². The van der Waals surface area contributed by atoms with E-state index in [9.17, 15) is 0 Å². The first kappa shape index (κ1) is 15.4. The summed E-state index contributed by atoms with van der Waals surface area (Å²) in [5.41, 5.74) is -0.429. The van der Waals surface area contributed by atoms with Gasteiger partial charge in [-0.15, -0.1) is 0 Å². The highest BCUT2D eigenvalue weighted by Crippen LogP contribution is 2.34. The van der Waals surface area contributed by atoms with Crippen molar-refractivity contribution in [2.24, 2.45) is 0 Å². The Morgan fingerprint density at radius 1 is 1.30 bits per heavy atom. The summed E-state index contributed by atoms with van der Waals surface area (Å²) in [5, 5.41) is 7.46. The Bertz CT molecular complexity index is 414. The van der Waals surface area contributed by atoms with Gasteiger partial charge in [-0.2, -0.15) is 4.98 Å². The molecule has 114 valence electrons. The van der Waals surface area contributed by atoms with Crippen LogP contribution in [0.15, 0.2) is 4.52 Å². The van der Waals surface area contributed by atoms with E-state index in [2.05, 4.69) is 36.2 Å². The zero-order valence-electron chi connectivity index (χ0n) is 12.9. The van der Waals surface area contributed by atoms with Gasteiger partial charge in [0.05, 0.1) is 6.54 Å². The summed E-state index contributed by atoms with van der Waals surface area (Å²) in [4.78, 5) is 4.51. The van der Waals surface area contributed by atoms with E-state index in [1.165, 1.54) is 0 Å².